The lowest BCUT2D eigenvalue weighted by Crippen LogP contribution is -2.40. The number of benzene rings is 1. The number of nitrogens with one attached hydrogen (secondary N) is 1. The van der Waals surface area contributed by atoms with Gasteiger partial charge in [0.25, 0.3) is 5.91 Å². The maximum atomic E-state index is 12.8. The quantitative estimate of drug-likeness (QED) is 0.566. The van der Waals surface area contributed by atoms with E-state index >= 15 is 0 Å². The molecule has 5 nitrogen and oxygen atoms in total. The van der Waals surface area contributed by atoms with Gasteiger partial charge in [-0.2, -0.15) is 0 Å². The van der Waals surface area contributed by atoms with Crippen LogP contribution in [0.3, 0.4) is 0 Å². The van der Waals surface area contributed by atoms with Gasteiger partial charge in [0.1, 0.15) is 5.65 Å². The summed E-state index contributed by atoms with van der Waals surface area (Å²) in [7, 11) is 1.94. The number of amides is 1. The maximum absolute atomic E-state index is 12.8. The average Bonchev–Trinajstić information content (AvgIpc) is 3.33. The highest BCUT2D eigenvalue weighted by Gasteiger charge is 2.28. The normalized spacial score (nSPS) is 15.8. The molecule has 0 radical (unpaired) electrons. The average molecular weight is 453 g/mol. The number of pyridine rings is 1. The molecule has 0 aliphatic carbocycles. The number of imidazole rings is 1. The first-order valence-electron chi connectivity index (χ1n) is 9.35. The van der Waals surface area contributed by atoms with Crippen LogP contribution >= 0.6 is 36.6 Å². The first-order chi connectivity index (χ1) is 13.2. The van der Waals surface area contributed by atoms with E-state index < -0.39 is 0 Å². The van der Waals surface area contributed by atoms with Crippen LogP contribution in [0.25, 0.3) is 5.65 Å². The van der Waals surface area contributed by atoms with Gasteiger partial charge in [-0.25, -0.2) is 4.98 Å². The zero-order valence-electron chi connectivity index (χ0n) is 16.3. The fraction of sp³-hybridized carbons (Fsp3) is 0.333. The molecule has 2 aromatic heterocycles. The Morgan fingerprint density at radius 3 is 2.72 bits per heavy atom. The van der Waals surface area contributed by atoms with Gasteiger partial charge < -0.3 is 14.6 Å². The standard InChI is InChI=1S/C21H24N4OS.2ClH/c1-22-13-18-5-4-12-25(18)21(26)16-7-9-19(10-8-16)27-15-17-14-24-11-3-2-6-20(24)23-17;;/h2-3,6-11,14,18,22H,4-5,12-13,15H2,1H3;2*1H. The van der Waals surface area contributed by atoms with Gasteiger partial charge in [0, 0.05) is 47.7 Å². The van der Waals surface area contributed by atoms with Crippen molar-refractivity contribution in [2.75, 3.05) is 20.1 Å². The second-order valence-corrected chi connectivity index (χ2v) is 7.91. The first-order valence-corrected chi connectivity index (χ1v) is 10.3. The third-order valence-corrected chi connectivity index (χ3v) is 6.03. The van der Waals surface area contributed by atoms with E-state index in [-0.39, 0.29) is 30.7 Å². The Morgan fingerprint density at radius 1 is 1.21 bits per heavy atom. The number of likely N-dealkylation sites (N-methyl/N-ethyl adjacent to an activating group) is 1. The number of thioether (sulfide) groups is 1. The highest BCUT2D eigenvalue weighted by molar-refractivity contribution is 7.98. The van der Waals surface area contributed by atoms with Crippen molar-refractivity contribution in [3.05, 3.63) is 66.1 Å². The lowest BCUT2D eigenvalue weighted by Gasteiger charge is -2.24. The molecule has 1 aliphatic rings. The molecule has 1 unspecified atom stereocenters. The van der Waals surface area contributed by atoms with Crippen molar-refractivity contribution in [3.63, 3.8) is 0 Å². The van der Waals surface area contributed by atoms with Crippen molar-refractivity contribution in [1.82, 2.24) is 19.6 Å². The van der Waals surface area contributed by atoms with Crippen LogP contribution in [0.1, 0.15) is 28.9 Å². The lowest BCUT2D eigenvalue weighted by molar-refractivity contribution is 0.0737. The van der Waals surface area contributed by atoms with Gasteiger partial charge in [0.2, 0.25) is 0 Å². The molecule has 0 bridgehead atoms. The number of fused-ring (bicyclic) bond motifs is 1. The molecule has 1 saturated heterocycles. The number of aromatic nitrogens is 2. The van der Waals surface area contributed by atoms with Crippen molar-refractivity contribution in [1.29, 1.82) is 0 Å². The van der Waals surface area contributed by atoms with Crippen LogP contribution in [0.4, 0.5) is 0 Å². The maximum Gasteiger partial charge on any atom is 0.254 e. The summed E-state index contributed by atoms with van der Waals surface area (Å²) in [6.07, 6.45) is 6.25. The van der Waals surface area contributed by atoms with Crippen LogP contribution in [-0.4, -0.2) is 46.4 Å². The van der Waals surface area contributed by atoms with Gasteiger partial charge in [0.15, 0.2) is 0 Å². The highest BCUT2D eigenvalue weighted by atomic mass is 35.5. The fourth-order valence-corrected chi connectivity index (χ4v) is 4.41. The number of hydrogen-bond donors (Lipinski definition) is 1. The van der Waals surface area contributed by atoms with Crippen LogP contribution in [0, 0.1) is 0 Å². The second kappa shape index (κ2) is 10.9. The van der Waals surface area contributed by atoms with Crippen molar-refractivity contribution < 1.29 is 4.79 Å². The van der Waals surface area contributed by atoms with E-state index in [4.69, 9.17) is 0 Å². The van der Waals surface area contributed by atoms with E-state index in [1.165, 1.54) is 0 Å². The number of rotatable bonds is 6. The summed E-state index contributed by atoms with van der Waals surface area (Å²) in [6.45, 7) is 1.72. The molecule has 1 atom stereocenters. The Morgan fingerprint density at radius 2 is 2.00 bits per heavy atom. The molecule has 4 rings (SSSR count). The van der Waals surface area contributed by atoms with E-state index in [9.17, 15) is 4.79 Å². The monoisotopic (exact) mass is 452 g/mol. The van der Waals surface area contributed by atoms with Gasteiger partial charge >= 0.3 is 0 Å². The third kappa shape index (κ3) is 5.45. The topological polar surface area (TPSA) is 49.6 Å². The largest absolute Gasteiger partial charge is 0.334 e. The molecular formula is C21H26Cl2N4OS. The number of carbonyl (C=O) groups excluding carboxylic acids is 1. The number of likely N-dealkylation sites (tertiary alicyclic amines) is 1. The fourth-order valence-electron chi connectivity index (χ4n) is 3.62. The van der Waals surface area contributed by atoms with Crippen LogP contribution in [0.2, 0.25) is 0 Å². The van der Waals surface area contributed by atoms with Crippen LogP contribution in [0.5, 0.6) is 0 Å². The van der Waals surface area contributed by atoms with E-state index in [1.807, 2.05) is 65.0 Å². The van der Waals surface area contributed by atoms with Crippen LogP contribution in [-0.2, 0) is 5.75 Å². The van der Waals surface area contributed by atoms with Crippen LogP contribution < -0.4 is 5.32 Å². The van der Waals surface area contributed by atoms with Gasteiger partial charge in [0.05, 0.1) is 5.69 Å². The van der Waals surface area contributed by atoms with Gasteiger partial charge in [-0.15, -0.1) is 36.6 Å². The number of halogens is 2. The van der Waals surface area contributed by atoms with Crippen molar-refractivity contribution in [3.8, 4) is 0 Å². The summed E-state index contributed by atoms with van der Waals surface area (Å²) >= 11 is 1.74. The van der Waals surface area contributed by atoms with E-state index in [2.05, 4.69) is 16.5 Å². The van der Waals surface area contributed by atoms with Gasteiger partial charge in [-0.3, -0.25) is 4.79 Å². The summed E-state index contributed by atoms with van der Waals surface area (Å²) in [4.78, 5) is 20.6. The molecule has 29 heavy (non-hydrogen) atoms. The molecule has 1 amide bonds. The van der Waals surface area contributed by atoms with Gasteiger partial charge in [-0.1, -0.05) is 6.07 Å². The van der Waals surface area contributed by atoms with Crippen LogP contribution in [0.15, 0.2) is 59.8 Å². The molecule has 1 aromatic carbocycles. The summed E-state index contributed by atoms with van der Waals surface area (Å²) in [6, 6.07) is 14.3. The number of hydrogen-bond acceptors (Lipinski definition) is 4. The molecular weight excluding hydrogens is 427 g/mol. The van der Waals surface area contributed by atoms with Crippen molar-refractivity contribution in [2.24, 2.45) is 0 Å². The van der Waals surface area contributed by atoms with E-state index in [0.29, 0.717) is 6.04 Å². The zero-order valence-corrected chi connectivity index (χ0v) is 18.7. The Kier molecular flexibility index (Phi) is 8.83. The number of nitrogens with zero attached hydrogens (tertiary/aromatic N) is 3. The predicted octanol–water partition coefficient (Wildman–Crippen LogP) is 4.29. The molecule has 0 saturated carbocycles. The molecule has 1 fully saturated rings. The molecule has 0 spiro atoms. The Labute approximate surface area is 188 Å². The van der Waals surface area contributed by atoms with E-state index in [1.54, 1.807) is 11.8 Å². The highest BCUT2D eigenvalue weighted by Crippen LogP contribution is 2.25. The minimum atomic E-state index is 0. The summed E-state index contributed by atoms with van der Waals surface area (Å²) in [5, 5.41) is 3.19. The smallest absolute Gasteiger partial charge is 0.254 e. The third-order valence-electron chi connectivity index (χ3n) is 4.98. The Bertz CT molecular complexity index is 899. The predicted molar refractivity (Wildman–Crippen MR) is 124 cm³/mol. The molecule has 3 heterocycles. The minimum Gasteiger partial charge on any atom is -0.334 e. The minimum absolute atomic E-state index is 0. The molecule has 3 aromatic rings. The molecule has 8 heteroatoms. The zero-order chi connectivity index (χ0) is 18.6. The SMILES string of the molecule is CNCC1CCCN1C(=O)c1ccc(SCc2cn3ccccc3n2)cc1.Cl.Cl. The van der Waals surface area contributed by atoms with Gasteiger partial charge in [-0.05, 0) is 56.3 Å². The second-order valence-electron chi connectivity index (χ2n) is 6.86. The summed E-state index contributed by atoms with van der Waals surface area (Å²) < 4.78 is 2.04. The molecule has 1 aliphatic heterocycles. The lowest BCUT2D eigenvalue weighted by atomic mass is 10.1. The van der Waals surface area contributed by atoms with Crippen molar-refractivity contribution in [2.45, 2.75) is 29.5 Å². The summed E-state index contributed by atoms with van der Waals surface area (Å²) in [5.74, 6) is 0.954. The Balaban J connectivity index is 0.00000150. The molecule has 1 N–H and O–H groups in total. The summed E-state index contributed by atoms with van der Waals surface area (Å²) in [5.41, 5.74) is 2.80. The van der Waals surface area contributed by atoms with Crippen molar-refractivity contribution >= 4 is 48.1 Å². The Hall–Kier alpha value is -1.73. The first kappa shape index (κ1) is 23.5. The number of carbonyl (C=O) groups is 1. The van der Waals surface area contributed by atoms with E-state index in [0.717, 1.165) is 53.5 Å². The molecule has 156 valence electrons.